The number of hydrogen-bond donors (Lipinski definition) is 1. The monoisotopic (exact) mass is 358 g/mol. The normalized spacial score (nSPS) is 20.2. The molecule has 1 saturated carbocycles. The van der Waals surface area contributed by atoms with E-state index in [-0.39, 0.29) is 5.91 Å². The van der Waals surface area contributed by atoms with Crippen molar-refractivity contribution in [3.8, 4) is 10.6 Å². The lowest BCUT2D eigenvalue weighted by Crippen LogP contribution is -2.44. The fourth-order valence-corrected chi connectivity index (χ4v) is 4.06. The highest BCUT2D eigenvalue weighted by atomic mass is 32.1. The molecule has 1 N–H and O–H groups in total. The zero-order valence-electron chi connectivity index (χ0n) is 13.8. The highest BCUT2D eigenvalue weighted by Crippen LogP contribution is 2.30. The van der Waals surface area contributed by atoms with Crippen LogP contribution in [0, 0.1) is 11.8 Å². The number of carbonyl (C=O) groups excluding carboxylic acids is 2. The molecule has 0 spiro atoms. The summed E-state index contributed by atoms with van der Waals surface area (Å²) in [7, 11) is 0. The van der Waals surface area contributed by atoms with Gasteiger partial charge in [-0.15, -0.1) is 11.3 Å². The van der Waals surface area contributed by atoms with Crippen LogP contribution in [0.1, 0.15) is 31.4 Å². The van der Waals surface area contributed by atoms with Gasteiger partial charge in [-0.1, -0.05) is 12.8 Å². The number of aliphatic carboxylic acids is 1. The molecule has 2 heterocycles. The van der Waals surface area contributed by atoms with E-state index >= 15 is 0 Å². The van der Waals surface area contributed by atoms with Crippen molar-refractivity contribution in [1.29, 1.82) is 0 Å². The summed E-state index contributed by atoms with van der Waals surface area (Å²) in [5, 5.41) is 16.9. The van der Waals surface area contributed by atoms with Gasteiger partial charge >= 0.3 is 0 Å². The van der Waals surface area contributed by atoms with Gasteiger partial charge in [0, 0.05) is 54.1 Å². The molecular formula is C18H20N3O3S-. The first kappa shape index (κ1) is 17.5. The van der Waals surface area contributed by atoms with Gasteiger partial charge in [0.05, 0.1) is 5.69 Å². The van der Waals surface area contributed by atoms with Crippen LogP contribution in [0.2, 0.25) is 0 Å². The van der Waals surface area contributed by atoms with Crippen molar-refractivity contribution in [3.63, 3.8) is 0 Å². The van der Waals surface area contributed by atoms with Crippen LogP contribution in [0.5, 0.6) is 0 Å². The summed E-state index contributed by atoms with van der Waals surface area (Å²) in [6.45, 7) is 0.450. The minimum Gasteiger partial charge on any atom is -0.550 e. The number of thiazole rings is 1. The number of carbonyl (C=O) groups is 2. The van der Waals surface area contributed by atoms with Crippen LogP contribution >= 0.6 is 11.3 Å². The molecular weight excluding hydrogens is 338 g/mol. The minimum atomic E-state index is -1.11. The summed E-state index contributed by atoms with van der Waals surface area (Å²) in [6.07, 6.45) is 6.99. The molecule has 0 saturated heterocycles. The Hall–Kier alpha value is -2.28. The van der Waals surface area contributed by atoms with E-state index in [1.807, 2.05) is 17.5 Å². The molecule has 0 radical (unpaired) electrons. The van der Waals surface area contributed by atoms with Crippen molar-refractivity contribution in [3.05, 3.63) is 35.6 Å². The first-order chi connectivity index (χ1) is 12.1. The maximum atomic E-state index is 12.3. The van der Waals surface area contributed by atoms with Gasteiger partial charge in [-0.05, 0) is 25.0 Å². The number of nitrogens with one attached hydrogen (secondary N) is 1. The average Bonchev–Trinajstić information content (AvgIpc) is 3.11. The van der Waals surface area contributed by atoms with Gasteiger partial charge in [0.2, 0.25) is 5.91 Å². The van der Waals surface area contributed by atoms with Gasteiger partial charge in [0.25, 0.3) is 0 Å². The lowest BCUT2D eigenvalue weighted by Gasteiger charge is -2.31. The number of nitrogens with zero attached hydrogens (tertiary/aromatic N) is 2. The highest BCUT2D eigenvalue weighted by Gasteiger charge is 2.31. The topological polar surface area (TPSA) is 95.0 Å². The van der Waals surface area contributed by atoms with E-state index in [1.54, 1.807) is 23.7 Å². The first-order valence-corrected chi connectivity index (χ1v) is 9.36. The quantitative estimate of drug-likeness (QED) is 0.843. The Balaban J connectivity index is 1.52. The van der Waals surface area contributed by atoms with E-state index in [2.05, 4.69) is 15.3 Å². The molecule has 0 aromatic carbocycles. The number of pyridine rings is 1. The zero-order valence-corrected chi connectivity index (χ0v) is 14.6. The van der Waals surface area contributed by atoms with E-state index in [9.17, 15) is 14.7 Å². The molecule has 1 fully saturated rings. The summed E-state index contributed by atoms with van der Waals surface area (Å²) in [6, 6.07) is 3.83. The SMILES string of the molecule is O=C([O-])[C@@H]1CCCC[C@H]1C(=O)NCCc1csc(-c2cccnc2)n1. The predicted molar refractivity (Wildman–Crippen MR) is 92.5 cm³/mol. The third-order valence-corrected chi connectivity index (χ3v) is 5.49. The Kier molecular flexibility index (Phi) is 5.75. The lowest BCUT2D eigenvalue weighted by molar-refractivity contribution is -0.314. The molecule has 3 rings (SSSR count). The van der Waals surface area contributed by atoms with E-state index in [0.29, 0.717) is 25.8 Å². The van der Waals surface area contributed by atoms with E-state index in [1.165, 1.54) is 0 Å². The molecule has 0 bridgehead atoms. The van der Waals surface area contributed by atoms with Crippen molar-refractivity contribution in [1.82, 2.24) is 15.3 Å². The molecule has 6 nitrogen and oxygen atoms in total. The number of aromatic nitrogens is 2. The van der Waals surface area contributed by atoms with Crippen molar-refractivity contribution in [2.24, 2.45) is 11.8 Å². The van der Waals surface area contributed by atoms with Gasteiger partial charge in [-0.3, -0.25) is 9.78 Å². The second-order valence-corrected chi connectivity index (χ2v) is 7.10. The first-order valence-electron chi connectivity index (χ1n) is 8.48. The Morgan fingerprint density at radius 2 is 2.08 bits per heavy atom. The maximum absolute atomic E-state index is 12.3. The number of amides is 1. The molecule has 1 aliphatic rings. The van der Waals surface area contributed by atoms with Gasteiger partial charge in [0.15, 0.2) is 0 Å². The van der Waals surface area contributed by atoms with E-state index < -0.39 is 17.8 Å². The molecule has 132 valence electrons. The average molecular weight is 358 g/mol. The predicted octanol–water partition coefficient (Wildman–Crippen LogP) is 1.42. The number of rotatable bonds is 6. The Bertz CT molecular complexity index is 732. The Morgan fingerprint density at radius 1 is 1.28 bits per heavy atom. The minimum absolute atomic E-state index is 0.184. The maximum Gasteiger partial charge on any atom is 0.223 e. The third-order valence-electron chi connectivity index (χ3n) is 4.55. The van der Waals surface area contributed by atoms with E-state index in [0.717, 1.165) is 29.1 Å². The zero-order chi connectivity index (χ0) is 17.6. The summed E-state index contributed by atoms with van der Waals surface area (Å²) < 4.78 is 0. The van der Waals surface area contributed by atoms with Crippen LogP contribution in [-0.2, 0) is 16.0 Å². The van der Waals surface area contributed by atoms with Crippen LogP contribution in [0.4, 0.5) is 0 Å². The third kappa shape index (κ3) is 4.42. The number of hydrogen-bond acceptors (Lipinski definition) is 6. The van der Waals surface area contributed by atoms with Crippen molar-refractivity contribution in [2.45, 2.75) is 32.1 Å². The summed E-state index contributed by atoms with van der Waals surface area (Å²) in [4.78, 5) is 32.1. The van der Waals surface area contributed by atoms with Crippen LogP contribution in [-0.4, -0.2) is 28.4 Å². The fourth-order valence-electron chi connectivity index (χ4n) is 3.22. The molecule has 0 aliphatic heterocycles. The van der Waals surface area contributed by atoms with Crippen LogP contribution in [0.3, 0.4) is 0 Å². The standard InChI is InChI=1S/C18H21N3O3S/c22-16(14-5-1-2-6-15(14)18(23)24)20-9-7-13-11-25-17(21-13)12-4-3-8-19-10-12/h3-4,8,10-11,14-15H,1-2,5-7,9H2,(H,20,22)(H,23,24)/p-1/t14-,15-/m1/s1. The molecule has 1 amide bonds. The smallest absolute Gasteiger partial charge is 0.223 e. The van der Waals surface area contributed by atoms with Gasteiger partial charge in [0.1, 0.15) is 5.01 Å². The summed E-state index contributed by atoms with van der Waals surface area (Å²) in [5.41, 5.74) is 1.88. The highest BCUT2D eigenvalue weighted by molar-refractivity contribution is 7.13. The molecule has 2 aromatic rings. The van der Waals surface area contributed by atoms with Gasteiger partial charge < -0.3 is 15.2 Å². The lowest BCUT2D eigenvalue weighted by atomic mass is 9.78. The van der Waals surface area contributed by atoms with Crippen molar-refractivity contribution < 1.29 is 14.7 Å². The van der Waals surface area contributed by atoms with Crippen LogP contribution < -0.4 is 10.4 Å². The second-order valence-electron chi connectivity index (χ2n) is 6.24. The molecule has 1 aliphatic carbocycles. The van der Waals surface area contributed by atoms with E-state index in [4.69, 9.17) is 0 Å². The summed E-state index contributed by atoms with van der Waals surface area (Å²) in [5.74, 6) is -2.43. The Labute approximate surface area is 150 Å². The molecule has 2 aromatic heterocycles. The largest absolute Gasteiger partial charge is 0.550 e. The number of carboxylic acids is 1. The number of carboxylic acid groups (broad SMARTS) is 1. The van der Waals surface area contributed by atoms with Gasteiger partial charge in [-0.2, -0.15) is 0 Å². The Morgan fingerprint density at radius 3 is 2.80 bits per heavy atom. The fraction of sp³-hybridized carbons (Fsp3) is 0.444. The molecule has 2 atom stereocenters. The second kappa shape index (κ2) is 8.20. The summed E-state index contributed by atoms with van der Waals surface area (Å²) >= 11 is 1.54. The van der Waals surface area contributed by atoms with Crippen LogP contribution in [0.25, 0.3) is 10.6 Å². The molecule has 25 heavy (non-hydrogen) atoms. The molecule has 7 heteroatoms. The van der Waals surface area contributed by atoms with Gasteiger partial charge in [-0.25, -0.2) is 4.98 Å². The van der Waals surface area contributed by atoms with Crippen molar-refractivity contribution >= 4 is 23.2 Å². The molecule has 0 unspecified atom stereocenters. The van der Waals surface area contributed by atoms with Crippen molar-refractivity contribution in [2.75, 3.05) is 6.54 Å². The van der Waals surface area contributed by atoms with Crippen LogP contribution in [0.15, 0.2) is 29.9 Å².